The van der Waals surface area contributed by atoms with E-state index in [1.165, 1.54) is 104 Å². The van der Waals surface area contributed by atoms with E-state index in [4.69, 9.17) is 8.83 Å². The summed E-state index contributed by atoms with van der Waals surface area (Å²) in [5.74, 6) is 0. The molecular formula is C84H50O2. The molecule has 0 unspecified atom stereocenters. The number of benzene rings is 16. The van der Waals surface area contributed by atoms with Crippen molar-refractivity contribution in [2.45, 2.75) is 0 Å². The predicted octanol–water partition coefficient (Wildman–Crippen LogP) is 24.1. The van der Waals surface area contributed by atoms with Gasteiger partial charge in [-0.2, -0.15) is 0 Å². The van der Waals surface area contributed by atoms with Crippen LogP contribution in [-0.4, -0.2) is 0 Å². The Bertz CT molecular complexity index is 5730. The van der Waals surface area contributed by atoms with Crippen molar-refractivity contribution in [3.05, 3.63) is 303 Å². The molecule has 0 N–H and O–H groups in total. The highest BCUT2D eigenvalue weighted by Crippen LogP contribution is 2.53. The SMILES string of the molecule is c1ccc(-c2c3ccccc3c(-c3ccc(-c4ccc(-c5c6ccccc6c(-c6cccc7oc8ccccc8c67)c6ccccc56)c(-c5ccc6ccccc6c5)c4)c4oc5ccccc5c34)c3ccccc23)c(-c2cccc3ccccc23)c1. The smallest absolute Gasteiger partial charge is 0.143 e. The molecule has 18 aromatic rings. The molecule has 0 radical (unpaired) electrons. The second-order valence-electron chi connectivity index (χ2n) is 22.8. The molecule has 0 fully saturated rings. The van der Waals surface area contributed by atoms with Crippen LogP contribution in [0.5, 0.6) is 0 Å². The maximum Gasteiger partial charge on any atom is 0.143 e. The number of rotatable bonds is 7. The van der Waals surface area contributed by atoms with Gasteiger partial charge in [0.1, 0.15) is 22.3 Å². The Morgan fingerprint density at radius 3 is 1.17 bits per heavy atom. The number of furan rings is 2. The molecule has 18 rings (SSSR count). The Morgan fingerprint density at radius 2 is 0.547 bits per heavy atom. The summed E-state index contributed by atoms with van der Waals surface area (Å²) in [6.45, 7) is 0. The van der Waals surface area contributed by atoms with Crippen molar-refractivity contribution in [3.63, 3.8) is 0 Å². The molecule has 2 nitrogen and oxygen atoms in total. The highest BCUT2D eigenvalue weighted by molar-refractivity contribution is 6.29. The van der Waals surface area contributed by atoms with E-state index in [9.17, 15) is 0 Å². The molecule has 0 aliphatic heterocycles. The molecule has 0 bridgehead atoms. The fourth-order valence-electron chi connectivity index (χ4n) is 14.6. The number of para-hydroxylation sites is 2. The van der Waals surface area contributed by atoms with E-state index in [0.717, 1.165) is 82.8 Å². The van der Waals surface area contributed by atoms with Gasteiger partial charge in [0.05, 0.1) is 0 Å². The minimum Gasteiger partial charge on any atom is -0.456 e. The lowest BCUT2D eigenvalue weighted by Crippen LogP contribution is -1.94. The summed E-state index contributed by atoms with van der Waals surface area (Å²) in [6.07, 6.45) is 0. The lowest BCUT2D eigenvalue weighted by Gasteiger charge is -2.21. The first-order valence-electron chi connectivity index (χ1n) is 29.6. The predicted molar refractivity (Wildman–Crippen MR) is 364 cm³/mol. The van der Waals surface area contributed by atoms with Gasteiger partial charge in [0.25, 0.3) is 0 Å². The van der Waals surface area contributed by atoms with Crippen LogP contribution in [-0.2, 0) is 0 Å². The van der Waals surface area contributed by atoms with Gasteiger partial charge in [-0.05, 0) is 173 Å². The van der Waals surface area contributed by atoms with E-state index >= 15 is 0 Å². The lowest BCUT2D eigenvalue weighted by atomic mass is 9.81. The summed E-state index contributed by atoms with van der Waals surface area (Å²) < 4.78 is 13.8. The molecule has 0 spiro atoms. The maximum atomic E-state index is 7.25. The quantitative estimate of drug-likeness (QED) is 0.149. The average Bonchev–Trinajstić information content (AvgIpc) is 1.31. The van der Waals surface area contributed by atoms with Crippen LogP contribution >= 0.6 is 0 Å². The zero-order valence-electron chi connectivity index (χ0n) is 46.7. The minimum absolute atomic E-state index is 0.856. The van der Waals surface area contributed by atoms with Crippen molar-refractivity contribution in [1.29, 1.82) is 0 Å². The van der Waals surface area contributed by atoms with Crippen molar-refractivity contribution >= 4 is 109 Å². The van der Waals surface area contributed by atoms with Gasteiger partial charge >= 0.3 is 0 Å². The minimum atomic E-state index is 0.856. The first-order chi connectivity index (χ1) is 42.7. The van der Waals surface area contributed by atoms with E-state index in [1.54, 1.807) is 0 Å². The number of hydrogen-bond acceptors (Lipinski definition) is 2. The van der Waals surface area contributed by atoms with Crippen LogP contribution in [0.1, 0.15) is 0 Å². The van der Waals surface area contributed by atoms with Crippen LogP contribution in [0.3, 0.4) is 0 Å². The summed E-state index contributed by atoms with van der Waals surface area (Å²) in [4.78, 5) is 0. The Hall–Kier alpha value is -11.3. The molecule has 0 amide bonds. The van der Waals surface area contributed by atoms with Gasteiger partial charge < -0.3 is 8.83 Å². The van der Waals surface area contributed by atoms with Crippen LogP contribution in [0.2, 0.25) is 0 Å². The monoisotopic (exact) mass is 1090 g/mol. The van der Waals surface area contributed by atoms with E-state index in [-0.39, 0.29) is 0 Å². The van der Waals surface area contributed by atoms with Crippen LogP contribution in [0.25, 0.3) is 186 Å². The largest absolute Gasteiger partial charge is 0.456 e. The van der Waals surface area contributed by atoms with E-state index in [0.29, 0.717) is 0 Å². The van der Waals surface area contributed by atoms with Crippen LogP contribution < -0.4 is 0 Å². The fourth-order valence-corrected chi connectivity index (χ4v) is 14.6. The van der Waals surface area contributed by atoms with Crippen molar-refractivity contribution in [2.24, 2.45) is 0 Å². The Labute approximate surface area is 495 Å². The first kappa shape index (κ1) is 48.2. The standard InChI is InChI=1S/C84H50O2/c1-2-23-53-49-54(44-43-51(53)21-1)74-50-55(45-46-69(74)79-63-30-9-11-32-65(63)80(66-33-12-10-31-64(66)79)72-39-20-42-77-82(72)70-36-15-17-40-75(70)85-77)57-47-48-73(83-71-37-16-18-41-76(71)86-84(57)83)81-67-34-13-7-28-61(67)78(62-29-8-14-35-68(62)81)60-27-6-5-26-59(60)58-38-19-24-52-22-3-4-25-56(52)58/h1-50H. The molecule has 0 aliphatic carbocycles. The highest BCUT2D eigenvalue weighted by Gasteiger charge is 2.26. The fraction of sp³-hybridized carbons (Fsp3) is 0. The molecule has 2 heterocycles. The highest BCUT2D eigenvalue weighted by atomic mass is 16.3. The van der Waals surface area contributed by atoms with E-state index in [2.05, 4.69) is 297 Å². The van der Waals surface area contributed by atoms with Crippen molar-refractivity contribution in [2.75, 3.05) is 0 Å². The topological polar surface area (TPSA) is 26.3 Å². The van der Waals surface area contributed by atoms with Crippen molar-refractivity contribution in [3.8, 4) is 77.9 Å². The molecule has 2 aromatic heterocycles. The second-order valence-corrected chi connectivity index (χ2v) is 22.8. The normalized spacial score (nSPS) is 12.0. The zero-order valence-corrected chi connectivity index (χ0v) is 46.7. The Balaban J connectivity index is 0.879. The molecule has 0 saturated heterocycles. The molecule has 86 heavy (non-hydrogen) atoms. The second kappa shape index (κ2) is 19.1. The summed E-state index contributed by atoms with van der Waals surface area (Å²) in [6, 6.07) is 111. The average molecular weight is 1090 g/mol. The van der Waals surface area contributed by atoms with Crippen molar-refractivity contribution in [1.82, 2.24) is 0 Å². The summed E-state index contributed by atoms with van der Waals surface area (Å²) in [5, 5.41) is 18.8. The van der Waals surface area contributed by atoms with Gasteiger partial charge in [-0.25, -0.2) is 0 Å². The molecule has 0 atom stereocenters. The van der Waals surface area contributed by atoms with Crippen LogP contribution in [0.4, 0.5) is 0 Å². The summed E-state index contributed by atoms with van der Waals surface area (Å²) >= 11 is 0. The van der Waals surface area contributed by atoms with E-state index < -0.39 is 0 Å². The summed E-state index contributed by atoms with van der Waals surface area (Å²) in [5.41, 5.74) is 19.8. The van der Waals surface area contributed by atoms with Crippen molar-refractivity contribution < 1.29 is 8.83 Å². The van der Waals surface area contributed by atoms with E-state index in [1.807, 2.05) is 6.07 Å². The van der Waals surface area contributed by atoms with Gasteiger partial charge in [0.2, 0.25) is 0 Å². The molecule has 2 heteroatoms. The third-order valence-electron chi connectivity index (χ3n) is 18.3. The molecular weight excluding hydrogens is 1040 g/mol. The zero-order chi connectivity index (χ0) is 56.4. The Kier molecular flexibility index (Phi) is 10.7. The van der Waals surface area contributed by atoms with Crippen LogP contribution in [0.15, 0.2) is 312 Å². The number of fused-ring (bicyclic) bond motifs is 12. The van der Waals surface area contributed by atoms with Gasteiger partial charge in [0.15, 0.2) is 0 Å². The van der Waals surface area contributed by atoms with Gasteiger partial charge in [-0.15, -0.1) is 0 Å². The first-order valence-corrected chi connectivity index (χ1v) is 29.6. The molecule has 16 aromatic carbocycles. The third kappa shape index (κ3) is 7.27. The number of hydrogen-bond donors (Lipinski definition) is 0. The molecule has 0 saturated carbocycles. The Morgan fingerprint density at radius 1 is 0.174 bits per heavy atom. The third-order valence-corrected chi connectivity index (χ3v) is 18.3. The van der Waals surface area contributed by atoms with Gasteiger partial charge in [0, 0.05) is 27.1 Å². The lowest BCUT2D eigenvalue weighted by molar-refractivity contribution is 0.669. The molecule has 0 aliphatic rings. The molecule has 398 valence electrons. The van der Waals surface area contributed by atoms with Crippen LogP contribution in [0, 0.1) is 0 Å². The summed E-state index contributed by atoms with van der Waals surface area (Å²) in [7, 11) is 0. The van der Waals surface area contributed by atoms with Gasteiger partial charge in [-0.1, -0.05) is 267 Å². The maximum absolute atomic E-state index is 7.25. The van der Waals surface area contributed by atoms with Gasteiger partial charge in [-0.3, -0.25) is 0 Å².